The Kier molecular flexibility index (Phi) is 5.47. The molecule has 0 radical (unpaired) electrons. The normalized spacial score (nSPS) is 11.6. The zero-order valence-corrected chi connectivity index (χ0v) is 13.8. The molecule has 2 amide bonds. The number of hydrogen-bond acceptors (Lipinski definition) is 3. The number of nitrogens with one attached hydrogen (secondary N) is 2. The Hall–Kier alpha value is -2.24. The Labute approximate surface area is 143 Å². The second-order valence-corrected chi connectivity index (χ2v) is 5.77. The van der Waals surface area contributed by atoms with E-state index < -0.39 is 11.9 Å². The predicted octanol–water partition coefficient (Wildman–Crippen LogP) is 3.53. The van der Waals surface area contributed by atoms with Crippen LogP contribution in [0.3, 0.4) is 0 Å². The van der Waals surface area contributed by atoms with Gasteiger partial charge in [0.25, 0.3) is 0 Å². The molecule has 23 heavy (non-hydrogen) atoms. The Bertz CT molecular complexity index is 750. The molecule has 0 saturated heterocycles. The van der Waals surface area contributed by atoms with Gasteiger partial charge in [-0.15, -0.1) is 0 Å². The van der Waals surface area contributed by atoms with Crippen LogP contribution >= 0.6 is 23.2 Å². The topological polar surface area (TPSA) is 84.2 Å². The predicted molar refractivity (Wildman–Crippen MR) is 93.1 cm³/mol. The van der Waals surface area contributed by atoms with Crippen LogP contribution in [0.5, 0.6) is 0 Å². The maximum absolute atomic E-state index is 12.2. The van der Waals surface area contributed by atoms with Crippen molar-refractivity contribution in [2.24, 2.45) is 5.73 Å². The maximum atomic E-state index is 12.2. The Morgan fingerprint density at radius 2 is 1.87 bits per heavy atom. The third kappa shape index (κ3) is 4.61. The van der Waals surface area contributed by atoms with E-state index in [4.69, 9.17) is 28.9 Å². The highest BCUT2D eigenvalue weighted by atomic mass is 35.5. The lowest BCUT2D eigenvalue weighted by Crippen LogP contribution is -2.32. The first-order valence-electron chi connectivity index (χ1n) is 6.79. The number of carbonyl (C=O) groups excluding carboxylic acids is 2. The van der Waals surface area contributed by atoms with Gasteiger partial charge >= 0.3 is 0 Å². The minimum absolute atomic E-state index is 0.279. The summed E-state index contributed by atoms with van der Waals surface area (Å²) in [5.74, 6) is -0.808. The second-order valence-electron chi connectivity index (χ2n) is 4.92. The molecule has 0 aromatic heterocycles. The second kappa shape index (κ2) is 7.35. The number of benzene rings is 2. The van der Waals surface area contributed by atoms with Gasteiger partial charge in [-0.2, -0.15) is 0 Å². The molecule has 2 aromatic carbocycles. The summed E-state index contributed by atoms with van der Waals surface area (Å²) in [5, 5.41) is 6.55. The molecule has 2 aromatic rings. The van der Waals surface area contributed by atoms with Crippen molar-refractivity contribution in [3.63, 3.8) is 0 Å². The van der Waals surface area contributed by atoms with Crippen LogP contribution in [-0.2, 0) is 4.79 Å². The molecule has 0 heterocycles. The van der Waals surface area contributed by atoms with Crippen LogP contribution in [0.4, 0.5) is 11.4 Å². The highest BCUT2D eigenvalue weighted by molar-refractivity contribution is 6.36. The monoisotopic (exact) mass is 351 g/mol. The van der Waals surface area contributed by atoms with Crippen molar-refractivity contribution in [1.29, 1.82) is 0 Å². The van der Waals surface area contributed by atoms with E-state index in [0.29, 0.717) is 27.0 Å². The van der Waals surface area contributed by atoms with E-state index in [-0.39, 0.29) is 5.91 Å². The van der Waals surface area contributed by atoms with E-state index in [1.807, 2.05) is 0 Å². The van der Waals surface area contributed by atoms with Gasteiger partial charge in [0.1, 0.15) is 6.04 Å². The van der Waals surface area contributed by atoms with Crippen molar-refractivity contribution in [3.8, 4) is 0 Å². The van der Waals surface area contributed by atoms with Gasteiger partial charge in [0.05, 0.1) is 10.7 Å². The van der Waals surface area contributed by atoms with E-state index in [1.54, 1.807) is 49.4 Å². The molecule has 0 fully saturated rings. The molecule has 4 N–H and O–H groups in total. The van der Waals surface area contributed by atoms with Crippen molar-refractivity contribution < 1.29 is 9.59 Å². The Morgan fingerprint density at radius 1 is 1.13 bits per heavy atom. The quantitative estimate of drug-likeness (QED) is 0.770. The number of nitrogens with two attached hydrogens (primary N) is 1. The number of carbonyl (C=O) groups is 2. The van der Waals surface area contributed by atoms with Gasteiger partial charge in [0.2, 0.25) is 11.8 Å². The fourth-order valence-electron chi connectivity index (χ4n) is 1.91. The molecule has 0 aliphatic rings. The fourth-order valence-corrected chi connectivity index (χ4v) is 2.37. The van der Waals surface area contributed by atoms with Crippen LogP contribution in [0.2, 0.25) is 10.0 Å². The van der Waals surface area contributed by atoms with Crippen LogP contribution in [0, 0.1) is 0 Å². The first-order valence-corrected chi connectivity index (χ1v) is 7.54. The molecule has 1 atom stereocenters. The molecule has 0 spiro atoms. The lowest BCUT2D eigenvalue weighted by atomic mass is 10.1. The van der Waals surface area contributed by atoms with E-state index in [9.17, 15) is 9.59 Å². The molecular formula is C16H15Cl2N3O2. The molecule has 0 aliphatic heterocycles. The molecule has 5 nitrogen and oxygen atoms in total. The summed E-state index contributed by atoms with van der Waals surface area (Å²) in [4.78, 5) is 23.4. The highest BCUT2D eigenvalue weighted by Crippen LogP contribution is 2.25. The molecule has 2 rings (SSSR count). The van der Waals surface area contributed by atoms with Crippen LogP contribution < -0.4 is 16.4 Å². The Balaban J connectivity index is 2.05. The molecule has 7 heteroatoms. The summed E-state index contributed by atoms with van der Waals surface area (Å²) in [6.45, 7) is 1.69. The summed E-state index contributed by atoms with van der Waals surface area (Å²) < 4.78 is 0. The lowest BCUT2D eigenvalue weighted by Gasteiger charge is -2.16. The maximum Gasteiger partial charge on any atom is 0.248 e. The fraction of sp³-hybridized carbons (Fsp3) is 0.125. The molecular weight excluding hydrogens is 337 g/mol. The van der Waals surface area contributed by atoms with Gasteiger partial charge in [-0.1, -0.05) is 29.3 Å². The lowest BCUT2D eigenvalue weighted by molar-refractivity contribution is -0.116. The number of hydrogen-bond donors (Lipinski definition) is 3. The zero-order valence-electron chi connectivity index (χ0n) is 12.3. The average molecular weight is 352 g/mol. The van der Waals surface area contributed by atoms with E-state index >= 15 is 0 Å². The summed E-state index contributed by atoms with van der Waals surface area (Å²) in [6.07, 6.45) is 0. The molecule has 0 aliphatic carbocycles. The summed E-state index contributed by atoms with van der Waals surface area (Å²) >= 11 is 11.8. The summed E-state index contributed by atoms with van der Waals surface area (Å²) in [6, 6.07) is 10.9. The van der Waals surface area contributed by atoms with Crippen LogP contribution in [-0.4, -0.2) is 17.9 Å². The minimum Gasteiger partial charge on any atom is -0.374 e. The molecule has 120 valence electrons. The van der Waals surface area contributed by atoms with E-state index in [1.165, 1.54) is 0 Å². The van der Waals surface area contributed by atoms with Gasteiger partial charge in [-0.3, -0.25) is 9.59 Å². The summed E-state index contributed by atoms with van der Waals surface area (Å²) in [5.41, 5.74) is 6.69. The highest BCUT2D eigenvalue weighted by Gasteiger charge is 2.15. The SMILES string of the molecule is C[C@H](Nc1cccc(C(N)=O)c1)C(=O)Nc1ccc(Cl)cc1Cl. The molecule has 0 saturated carbocycles. The molecule has 0 bridgehead atoms. The summed E-state index contributed by atoms with van der Waals surface area (Å²) in [7, 11) is 0. The minimum atomic E-state index is -0.551. The van der Waals surface area contributed by atoms with Gasteiger partial charge in [-0.25, -0.2) is 0 Å². The van der Waals surface area contributed by atoms with Gasteiger partial charge in [-0.05, 0) is 43.3 Å². The van der Waals surface area contributed by atoms with Crippen molar-refractivity contribution in [2.45, 2.75) is 13.0 Å². The van der Waals surface area contributed by atoms with Crippen LogP contribution in [0.25, 0.3) is 0 Å². The first-order chi connectivity index (χ1) is 10.9. The smallest absolute Gasteiger partial charge is 0.248 e. The standard InChI is InChI=1S/C16H15Cl2N3O2/c1-9(20-12-4-2-3-10(7-12)15(19)22)16(23)21-14-6-5-11(17)8-13(14)18/h2-9,20H,1H3,(H2,19,22)(H,21,23)/t9-/m0/s1. The van der Waals surface area contributed by atoms with Crippen LogP contribution in [0.1, 0.15) is 17.3 Å². The number of amides is 2. The number of anilines is 2. The molecule has 0 unspecified atom stereocenters. The third-order valence-corrected chi connectivity index (χ3v) is 3.66. The van der Waals surface area contributed by atoms with Crippen molar-refractivity contribution in [1.82, 2.24) is 0 Å². The number of rotatable bonds is 5. The number of halogens is 2. The Morgan fingerprint density at radius 3 is 2.52 bits per heavy atom. The first kappa shape index (κ1) is 17.1. The van der Waals surface area contributed by atoms with Crippen molar-refractivity contribution >= 4 is 46.4 Å². The largest absolute Gasteiger partial charge is 0.374 e. The van der Waals surface area contributed by atoms with E-state index in [2.05, 4.69) is 10.6 Å². The average Bonchev–Trinajstić information content (AvgIpc) is 2.50. The number of primary amides is 1. The van der Waals surface area contributed by atoms with Crippen LogP contribution in [0.15, 0.2) is 42.5 Å². The van der Waals surface area contributed by atoms with Crippen molar-refractivity contribution in [3.05, 3.63) is 58.1 Å². The third-order valence-electron chi connectivity index (χ3n) is 3.11. The van der Waals surface area contributed by atoms with Gasteiger partial charge in [0, 0.05) is 16.3 Å². The van der Waals surface area contributed by atoms with Gasteiger partial charge in [0.15, 0.2) is 0 Å². The zero-order chi connectivity index (χ0) is 17.0. The van der Waals surface area contributed by atoms with Crippen molar-refractivity contribution in [2.75, 3.05) is 10.6 Å². The van der Waals surface area contributed by atoms with E-state index in [0.717, 1.165) is 0 Å². The van der Waals surface area contributed by atoms with Gasteiger partial charge < -0.3 is 16.4 Å².